The third-order valence-corrected chi connectivity index (χ3v) is 4.22. The summed E-state index contributed by atoms with van der Waals surface area (Å²) in [6.45, 7) is 9.45. The van der Waals surface area contributed by atoms with Gasteiger partial charge in [-0.2, -0.15) is 0 Å². The lowest BCUT2D eigenvalue weighted by molar-refractivity contribution is 0.0807. The second kappa shape index (κ2) is 8.73. The minimum atomic E-state index is -0.445. The van der Waals surface area contributed by atoms with Gasteiger partial charge in [0.1, 0.15) is 0 Å². The quantitative estimate of drug-likeness (QED) is 0.786. The van der Waals surface area contributed by atoms with E-state index >= 15 is 0 Å². The van der Waals surface area contributed by atoms with Crippen LogP contribution in [0.3, 0.4) is 0 Å². The maximum absolute atomic E-state index is 10.0. The molecule has 1 saturated heterocycles. The van der Waals surface area contributed by atoms with Gasteiger partial charge in [-0.15, -0.1) is 0 Å². The van der Waals surface area contributed by atoms with Crippen LogP contribution in [0.2, 0.25) is 5.02 Å². The van der Waals surface area contributed by atoms with Gasteiger partial charge >= 0.3 is 0 Å². The molecular formula is C17H26ClNO4. The van der Waals surface area contributed by atoms with Crippen molar-refractivity contribution in [2.45, 2.75) is 39.5 Å². The molecule has 0 unspecified atom stereocenters. The minimum Gasteiger partial charge on any atom is -0.490 e. The highest BCUT2D eigenvalue weighted by atomic mass is 35.5. The van der Waals surface area contributed by atoms with Crippen LogP contribution < -0.4 is 9.47 Å². The molecule has 6 heteroatoms. The molecular weight excluding hydrogens is 318 g/mol. The first-order valence-corrected chi connectivity index (χ1v) is 8.56. The van der Waals surface area contributed by atoms with Crippen molar-refractivity contribution in [2.75, 3.05) is 33.0 Å². The van der Waals surface area contributed by atoms with Crippen molar-refractivity contribution in [1.29, 1.82) is 0 Å². The third kappa shape index (κ3) is 4.51. The summed E-state index contributed by atoms with van der Waals surface area (Å²) in [5.41, 5.74) is 1.03. The van der Waals surface area contributed by atoms with E-state index in [9.17, 15) is 5.11 Å². The van der Waals surface area contributed by atoms with E-state index in [0.29, 0.717) is 49.5 Å². The maximum Gasteiger partial charge on any atom is 0.179 e. The second-order valence-corrected chi connectivity index (χ2v) is 5.91. The number of nitrogens with zero attached hydrogens (tertiary/aromatic N) is 1. The highest BCUT2D eigenvalue weighted by molar-refractivity contribution is 6.32. The molecule has 2 rings (SSSR count). The Labute approximate surface area is 143 Å². The molecule has 1 fully saturated rings. The first-order chi connectivity index (χ1) is 11.1. The monoisotopic (exact) mass is 343 g/mol. The van der Waals surface area contributed by atoms with Gasteiger partial charge in [-0.05, 0) is 38.1 Å². The lowest BCUT2D eigenvalue weighted by atomic mass is 10.1. The summed E-state index contributed by atoms with van der Waals surface area (Å²) >= 11 is 6.37. The topological polar surface area (TPSA) is 51.2 Å². The van der Waals surface area contributed by atoms with E-state index in [1.54, 1.807) is 0 Å². The first kappa shape index (κ1) is 18.3. The third-order valence-electron chi connectivity index (χ3n) is 3.94. The second-order valence-electron chi connectivity index (χ2n) is 5.51. The number of hydrogen-bond acceptors (Lipinski definition) is 5. The Morgan fingerprint density at radius 3 is 2.52 bits per heavy atom. The average molecular weight is 344 g/mol. The van der Waals surface area contributed by atoms with Gasteiger partial charge in [0, 0.05) is 6.54 Å². The molecule has 130 valence electrons. The van der Waals surface area contributed by atoms with Crippen LogP contribution in [-0.4, -0.2) is 55.1 Å². The molecule has 0 bridgehead atoms. The SMILES string of the molecule is CCOc1cc(CN(CC)[C@H]2COC[C@@H]2O)cc(Cl)c1OCC. The summed E-state index contributed by atoms with van der Waals surface area (Å²) in [6, 6.07) is 3.88. The molecule has 5 nitrogen and oxygen atoms in total. The Morgan fingerprint density at radius 1 is 1.22 bits per heavy atom. The normalized spacial score (nSPS) is 21.0. The van der Waals surface area contributed by atoms with Crippen LogP contribution in [0, 0.1) is 0 Å². The number of hydrogen-bond donors (Lipinski definition) is 1. The van der Waals surface area contributed by atoms with Crippen LogP contribution in [0.1, 0.15) is 26.3 Å². The van der Waals surface area contributed by atoms with Crippen molar-refractivity contribution in [2.24, 2.45) is 0 Å². The van der Waals surface area contributed by atoms with Crippen LogP contribution in [0.25, 0.3) is 0 Å². The zero-order chi connectivity index (χ0) is 16.8. The van der Waals surface area contributed by atoms with Crippen molar-refractivity contribution in [1.82, 2.24) is 4.90 Å². The van der Waals surface area contributed by atoms with Gasteiger partial charge < -0.3 is 19.3 Å². The number of benzene rings is 1. The fraction of sp³-hybridized carbons (Fsp3) is 0.647. The number of rotatable bonds is 8. The van der Waals surface area contributed by atoms with E-state index in [1.807, 2.05) is 26.0 Å². The molecule has 1 aromatic rings. The fourth-order valence-corrected chi connectivity index (χ4v) is 3.13. The molecule has 0 spiro atoms. The Hall–Kier alpha value is -1.01. The Kier molecular flexibility index (Phi) is 6.96. The molecule has 1 N–H and O–H groups in total. The largest absolute Gasteiger partial charge is 0.490 e. The van der Waals surface area contributed by atoms with Gasteiger partial charge in [0.2, 0.25) is 0 Å². The first-order valence-electron chi connectivity index (χ1n) is 8.18. The predicted octanol–water partition coefficient (Wildman–Crippen LogP) is 2.72. The van der Waals surface area contributed by atoms with Crippen molar-refractivity contribution in [3.8, 4) is 11.5 Å². The van der Waals surface area contributed by atoms with Gasteiger partial charge in [-0.1, -0.05) is 18.5 Å². The van der Waals surface area contributed by atoms with Crippen LogP contribution in [0.5, 0.6) is 11.5 Å². The van der Waals surface area contributed by atoms with Crippen molar-refractivity contribution < 1.29 is 19.3 Å². The van der Waals surface area contributed by atoms with E-state index < -0.39 is 6.10 Å². The molecule has 0 saturated carbocycles. The van der Waals surface area contributed by atoms with E-state index in [-0.39, 0.29) is 6.04 Å². The molecule has 0 radical (unpaired) electrons. The minimum absolute atomic E-state index is 0.0147. The van der Waals surface area contributed by atoms with Gasteiger partial charge in [0.05, 0.1) is 43.6 Å². The van der Waals surface area contributed by atoms with Crippen LogP contribution in [0.4, 0.5) is 0 Å². The predicted molar refractivity (Wildman–Crippen MR) is 90.5 cm³/mol. The lowest BCUT2D eigenvalue weighted by Crippen LogP contribution is -2.42. The van der Waals surface area contributed by atoms with Gasteiger partial charge in [0.15, 0.2) is 11.5 Å². The summed E-state index contributed by atoms with van der Waals surface area (Å²) in [5.74, 6) is 1.25. The summed E-state index contributed by atoms with van der Waals surface area (Å²) in [7, 11) is 0. The molecule has 2 atom stereocenters. The van der Waals surface area contributed by atoms with Gasteiger partial charge in [-0.25, -0.2) is 0 Å². The summed E-state index contributed by atoms with van der Waals surface area (Å²) in [4.78, 5) is 2.19. The summed E-state index contributed by atoms with van der Waals surface area (Å²) in [5, 5.41) is 10.6. The number of likely N-dealkylation sites (N-methyl/N-ethyl adjacent to an activating group) is 1. The molecule has 0 aliphatic carbocycles. The van der Waals surface area contributed by atoms with Crippen molar-refractivity contribution in [3.05, 3.63) is 22.7 Å². The number of halogens is 1. The summed E-state index contributed by atoms with van der Waals surface area (Å²) in [6.07, 6.45) is -0.445. The van der Waals surface area contributed by atoms with E-state index in [0.717, 1.165) is 12.1 Å². The zero-order valence-electron chi connectivity index (χ0n) is 14.0. The molecule has 0 aromatic heterocycles. The Balaban J connectivity index is 2.21. The van der Waals surface area contributed by atoms with Crippen molar-refractivity contribution >= 4 is 11.6 Å². The van der Waals surface area contributed by atoms with E-state index in [1.165, 1.54) is 0 Å². The molecule has 1 aliphatic heterocycles. The standard InChI is InChI=1S/C17H26ClNO4/c1-4-19(14-10-21-11-15(14)20)9-12-7-13(18)17(23-6-3)16(8-12)22-5-2/h7-8,14-15,20H,4-6,9-11H2,1-3H3/t14-,15-/m0/s1. The fourth-order valence-electron chi connectivity index (χ4n) is 2.84. The number of ether oxygens (including phenoxy) is 3. The smallest absolute Gasteiger partial charge is 0.179 e. The van der Waals surface area contributed by atoms with Gasteiger partial charge in [-0.3, -0.25) is 4.90 Å². The van der Waals surface area contributed by atoms with Crippen molar-refractivity contribution in [3.63, 3.8) is 0 Å². The molecule has 23 heavy (non-hydrogen) atoms. The lowest BCUT2D eigenvalue weighted by Gasteiger charge is -2.29. The van der Waals surface area contributed by atoms with Gasteiger partial charge in [0.25, 0.3) is 0 Å². The Morgan fingerprint density at radius 2 is 1.96 bits per heavy atom. The van der Waals surface area contributed by atoms with Crippen LogP contribution in [-0.2, 0) is 11.3 Å². The van der Waals surface area contributed by atoms with E-state index in [4.69, 9.17) is 25.8 Å². The number of aliphatic hydroxyl groups is 1. The highest BCUT2D eigenvalue weighted by Crippen LogP contribution is 2.37. The Bertz CT molecular complexity index is 512. The van der Waals surface area contributed by atoms with Crippen LogP contribution >= 0.6 is 11.6 Å². The molecule has 1 aromatic carbocycles. The molecule has 0 amide bonds. The average Bonchev–Trinajstić information content (AvgIpc) is 2.94. The maximum atomic E-state index is 10.0. The highest BCUT2D eigenvalue weighted by Gasteiger charge is 2.31. The molecule has 1 aliphatic rings. The van der Waals surface area contributed by atoms with Crippen LogP contribution in [0.15, 0.2) is 12.1 Å². The van der Waals surface area contributed by atoms with E-state index in [2.05, 4.69) is 11.8 Å². The zero-order valence-corrected chi connectivity index (χ0v) is 14.8. The number of aliphatic hydroxyl groups excluding tert-OH is 1. The summed E-state index contributed by atoms with van der Waals surface area (Å²) < 4.78 is 16.6. The molecule has 1 heterocycles.